The van der Waals surface area contributed by atoms with E-state index < -0.39 is 4.92 Å². The number of nitrogens with zero attached hydrogens (tertiary/aromatic N) is 4. The third-order valence-corrected chi connectivity index (χ3v) is 3.85. The van der Waals surface area contributed by atoms with Crippen LogP contribution in [0, 0.1) is 10.1 Å². The molecular weight excluding hydrogens is 326 g/mol. The predicted octanol–water partition coefficient (Wildman–Crippen LogP) is 2.75. The molecular formula is C16H19N5O4. The van der Waals surface area contributed by atoms with Crippen LogP contribution >= 0.6 is 0 Å². The summed E-state index contributed by atoms with van der Waals surface area (Å²) in [6.45, 7) is 6.03. The maximum atomic E-state index is 11.6. The van der Waals surface area contributed by atoms with Crippen molar-refractivity contribution in [3.63, 3.8) is 0 Å². The van der Waals surface area contributed by atoms with Gasteiger partial charge in [-0.1, -0.05) is 0 Å². The Hall–Kier alpha value is -3.10. The van der Waals surface area contributed by atoms with Crippen molar-refractivity contribution in [1.29, 1.82) is 0 Å². The Balaban J connectivity index is 1.97. The fourth-order valence-corrected chi connectivity index (χ4v) is 2.64. The maximum absolute atomic E-state index is 11.6. The van der Waals surface area contributed by atoms with Gasteiger partial charge < -0.3 is 19.7 Å². The van der Waals surface area contributed by atoms with E-state index in [2.05, 4.69) is 15.3 Å². The van der Waals surface area contributed by atoms with Gasteiger partial charge in [0.2, 0.25) is 11.6 Å². The van der Waals surface area contributed by atoms with E-state index in [4.69, 9.17) is 9.47 Å². The number of hydrogen-bond donors (Lipinski definition) is 1. The van der Waals surface area contributed by atoms with Crippen molar-refractivity contribution in [3.05, 3.63) is 34.6 Å². The Bertz CT molecular complexity index is 779. The summed E-state index contributed by atoms with van der Waals surface area (Å²) in [5.41, 5.74) is 0.470. The minimum absolute atomic E-state index is 0.138. The quantitative estimate of drug-likeness (QED) is 0.630. The van der Waals surface area contributed by atoms with Gasteiger partial charge in [0, 0.05) is 24.8 Å². The van der Waals surface area contributed by atoms with Crippen LogP contribution in [-0.4, -0.2) is 41.2 Å². The highest BCUT2D eigenvalue weighted by molar-refractivity contribution is 5.75. The zero-order valence-electron chi connectivity index (χ0n) is 14.1. The van der Waals surface area contributed by atoms with Crippen LogP contribution in [0.25, 0.3) is 0 Å². The highest BCUT2D eigenvalue weighted by Crippen LogP contribution is 2.36. The standard InChI is InChI=1S/C16H19N5O4/c1-3-20(4-2)16-14(21(22)23)15(17-10-18-16)19-11-5-6-12-13(9-11)25-8-7-24-12/h5-6,9-10H,3-4,7-8H2,1-2H3,(H,17,18,19). The monoisotopic (exact) mass is 345 g/mol. The second-order valence-electron chi connectivity index (χ2n) is 5.31. The topological polar surface area (TPSA) is 103 Å². The van der Waals surface area contributed by atoms with Gasteiger partial charge in [0.05, 0.1) is 4.92 Å². The molecule has 0 aliphatic carbocycles. The van der Waals surface area contributed by atoms with Crippen LogP contribution < -0.4 is 19.7 Å². The first-order valence-corrected chi connectivity index (χ1v) is 8.05. The molecule has 9 nitrogen and oxygen atoms in total. The Morgan fingerprint density at radius 3 is 2.60 bits per heavy atom. The lowest BCUT2D eigenvalue weighted by atomic mass is 10.2. The number of benzene rings is 1. The lowest BCUT2D eigenvalue weighted by Gasteiger charge is -2.21. The molecule has 1 aromatic heterocycles. The molecule has 0 bridgehead atoms. The fraction of sp³-hybridized carbons (Fsp3) is 0.375. The predicted molar refractivity (Wildman–Crippen MR) is 93.0 cm³/mol. The van der Waals surface area contributed by atoms with E-state index in [0.29, 0.717) is 49.3 Å². The van der Waals surface area contributed by atoms with Gasteiger partial charge in [-0.05, 0) is 26.0 Å². The van der Waals surface area contributed by atoms with Crippen LogP contribution in [0.3, 0.4) is 0 Å². The normalized spacial score (nSPS) is 12.6. The molecule has 0 amide bonds. The molecule has 0 saturated carbocycles. The molecule has 1 aliphatic rings. The molecule has 3 rings (SSSR count). The minimum Gasteiger partial charge on any atom is -0.486 e. The van der Waals surface area contributed by atoms with Crippen LogP contribution in [0.2, 0.25) is 0 Å². The van der Waals surface area contributed by atoms with E-state index in [1.807, 2.05) is 18.7 Å². The molecule has 0 atom stereocenters. The lowest BCUT2D eigenvalue weighted by Crippen LogP contribution is -2.24. The summed E-state index contributed by atoms with van der Waals surface area (Å²) in [7, 11) is 0. The molecule has 0 unspecified atom stereocenters. The molecule has 2 heterocycles. The Labute approximate surface area is 144 Å². The first-order valence-electron chi connectivity index (χ1n) is 8.05. The number of anilines is 3. The summed E-state index contributed by atoms with van der Waals surface area (Å²) in [6.07, 6.45) is 1.32. The van der Waals surface area contributed by atoms with E-state index in [1.54, 1.807) is 18.2 Å². The zero-order valence-corrected chi connectivity index (χ0v) is 14.1. The smallest absolute Gasteiger partial charge is 0.353 e. The first kappa shape index (κ1) is 16.7. The van der Waals surface area contributed by atoms with Crippen molar-refractivity contribution in [2.75, 3.05) is 36.5 Å². The van der Waals surface area contributed by atoms with Crippen molar-refractivity contribution in [2.45, 2.75) is 13.8 Å². The van der Waals surface area contributed by atoms with Crippen molar-refractivity contribution in [3.8, 4) is 11.5 Å². The summed E-state index contributed by atoms with van der Waals surface area (Å²) in [5, 5.41) is 14.6. The molecule has 0 spiro atoms. The van der Waals surface area contributed by atoms with Gasteiger partial charge in [-0.25, -0.2) is 9.97 Å². The summed E-state index contributed by atoms with van der Waals surface area (Å²) < 4.78 is 11.0. The van der Waals surface area contributed by atoms with Gasteiger partial charge in [-0.3, -0.25) is 10.1 Å². The Morgan fingerprint density at radius 1 is 1.20 bits per heavy atom. The Kier molecular flexibility index (Phi) is 4.82. The van der Waals surface area contributed by atoms with Gasteiger partial charge in [0.1, 0.15) is 19.5 Å². The van der Waals surface area contributed by atoms with Gasteiger partial charge >= 0.3 is 5.69 Å². The third kappa shape index (κ3) is 3.39. The fourth-order valence-electron chi connectivity index (χ4n) is 2.64. The molecule has 2 aromatic rings. The van der Waals surface area contributed by atoms with Crippen LogP contribution in [-0.2, 0) is 0 Å². The van der Waals surface area contributed by atoms with E-state index in [0.717, 1.165) is 0 Å². The van der Waals surface area contributed by atoms with Crippen molar-refractivity contribution in [2.24, 2.45) is 0 Å². The number of nitro groups is 1. The number of fused-ring (bicyclic) bond motifs is 1. The van der Waals surface area contributed by atoms with Gasteiger partial charge in [-0.2, -0.15) is 0 Å². The molecule has 9 heteroatoms. The summed E-state index contributed by atoms with van der Waals surface area (Å²) in [4.78, 5) is 21.1. The lowest BCUT2D eigenvalue weighted by molar-refractivity contribution is -0.383. The largest absolute Gasteiger partial charge is 0.486 e. The van der Waals surface area contributed by atoms with Crippen molar-refractivity contribution >= 4 is 23.0 Å². The van der Waals surface area contributed by atoms with Crippen LogP contribution in [0.15, 0.2) is 24.5 Å². The van der Waals surface area contributed by atoms with Crippen molar-refractivity contribution in [1.82, 2.24) is 9.97 Å². The molecule has 1 aliphatic heterocycles. The Morgan fingerprint density at radius 2 is 1.92 bits per heavy atom. The van der Waals surface area contributed by atoms with Gasteiger partial charge in [-0.15, -0.1) is 0 Å². The molecule has 0 fully saturated rings. The van der Waals surface area contributed by atoms with Gasteiger partial charge in [0.15, 0.2) is 11.5 Å². The number of hydrogen-bond acceptors (Lipinski definition) is 8. The van der Waals surface area contributed by atoms with Crippen molar-refractivity contribution < 1.29 is 14.4 Å². The number of nitrogens with one attached hydrogen (secondary N) is 1. The van der Waals surface area contributed by atoms with E-state index >= 15 is 0 Å². The second kappa shape index (κ2) is 7.20. The molecule has 0 saturated heterocycles. The average Bonchev–Trinajstić information content (AvgIpc) is 2.62. The van der Waals surface area contributed by atoms with Crippen LogP contribution in [0.5, 0.6) is 11.5 Å². The summed E-state index contributed by atoms with van der Waals surface area (Å²) in [6, 6.07) is 5.25. The minimum atomic E-state index is -0.464. The highest BCUT2D eigenvalue weighted by Gasteiger charge is 2.26. The molecule has 132 valence electrons. The van der Waals surface area contributed by atoms with Crippen LogP contribution in [0.4, 0.5) is 23.0 Å². The zero-order chi connectivity index (χ0) is 17.8. The maximum Gasteiger partial charge on any atom is 0.353 e. The van der Waals surface area contributed by atoms with E-state index in [1.165, 1.54) is 6.33 Å². The molecule has 25 heavy (non-hydrogen) atoms. The second-order valence-corrected chi connectivity index (χ2v) is 5.31. The van der Waals surface area contributed by atoms with Gasteiger partial charge in [0.25, 0.3) is 0 Å². The van der Waals surface area contributed by atoms with Crippen LogP contribution in [0.1, 0.15) is 13.8 Å². The SMILES string of the molecule is CCN(CC)c1ncnc(Nc2ccc3c(c2)OCCO3)c1[N+](=O)[O-]. The summed E-state index contributed by atoms with van der Waals surface area (Å²) >= 11 is 0. The third-order valence-electron chi connectivity index (χ3n) is 3.85. The van der Waals surface area contributed by atoms with E-state index in [9.17, 15) is 10.1 Å². The number of rotatable bonds is 6. The van der Waals surface area contributed by atoms with E-state index in [-0.39, 0.29) is 11.5 Å². The molecule has 1 N–H and O–H groups in total. The highest BCUT2D eigenvalue weighted by atomic mass is 16.6. The molecule has 0 radical (unpaired) electrons. The molecule has 1 aromatic carbocycles. The first-order chi connectivity index (χ1) is 12.1. The average molecular weight is 345 g/mol. The number of aromatic nitrogens is 2. The number of ether oxygens (including phenoxy) is 2. The summed E-state index contributed by atoms with van der Waals surface area (Å²) in [5.74, 6) is 1.68.